The van der Waals surface area contributed by atoms with E-state index in [0.717, 1.165) is 16.7 Å². The number of rotatable bonds is 12. The Balaban J connectivity index is 1.45. The molecule has 6 aromatic rings. The standard InChI is InChI=1S/3C13H11N2O.Al/c3*14-15-13(10-6-2-1-3-7-10)11-8-4-5-9-12(11)16;/h3*1-9,13,16H;/q3*-1;+3. The van der Waals surface area contributed by atoms with Crippen molar-refractivity contribution in [3.05, 3.63) is 197 Å². The van der Waals surface area contributed by atoms with E-state index in [4.69, 9.17) is 15.3 Å². The van der Waals surface area contributed by atoms with E-state index in [1.807, 2.05) is 109 Å². The van der Waals surface area contributed by atoms with E-state index in [0.29, 0.717) is 16.7 Å². The number of para-hydroxylation sites is 3. The monoisotopic (exact) mass is 660 g/mol. The Kier molecular flexibility index (Phi) is 10.9. The van der Waals surface area contributed by atoms with Crippen molar-refractivity contribution < 1.29 is 15.3 Å². The zero-order valence-electron chi connectivity index (χ0n) is 26.4. The van der Waals surface area contributed by atoms with Gasteiger partial charge >= 0.3 is 14.8 Å². The van der Waals surface area contributed by atoms with Crippen molar-refractivity contribution >= 4 is 14.8 Å². The van der Waals surface area contributed by atoms with Crippen LogP contribution in [-0.4, -0.2) is 30.1 Å². The van der Waals surface area contributed by atoms with Crippen molar-refractivity contribution in [1.82, 2.24) is 0 Å². The summed E-state index contributed by atoms with van der Waals surface area (Å²) in [5, 5.41) is 46.6. The summed E-state index contributed by atoms with van der Waals surface area (Å²) in [5.41, 5.74) is 4.19. The first kappa shape index (κ1) is 33.0. The minimum absolute atomic E-state index is 0.0872. The topological polar surface area (TPSA) is 135 Å². The fraction of sp³-hybridized carbons (Fsp3) is 0.0769. The molecule has 0 heterocycles. The van der Waals surface area contributed by atoms with Gasteiger partial charge in [0.15, 0.2) is 0 Å². The maximum atomic E-state index is 10.8. The van der Waals surface area contributed by atoms with Crippen LogP contribution in [0.1, 0.15) is 51.5 Å². The second-order valence-electron chi connectivity index (χ2n) is 11.2. The van der Waals surface area contributed by atoms with Gasteiger partial charge in [-0.2, -0.15) is 0 Å². The molecule has 3 atom stereocenters. The van der Waals surface area contributed by atoms with Gasteiger partial charge in [0.1, 0.15) is 35.4 Å². The first-order valence-electron chi connectivity index (χ1n) is 15.8. The summed E-state index contributed by atoms with van der Waals surface area (Å²) < 4.78 is 14.1. The Hall–Kier alpha value is -5.95. The molecule has 0 saturated heterocycles. The van der Waals surface area contributed by atoms with Crippen molar-refractivity contribution in [2.45, 2.75) is 18.1 Å². The van der Waals surface area contributed by atoms with Crippen LogP contribution in [0.2, 0.25) is 0 Å². The summed E-state index contributed by atoms with van der Waals surface area (Å²) in [6, 6.07) is 47.8. The van der Waals surface area contributed by atoms with E-state index in [-0.39, 0.29) is 17.2 Å². The Labute approximate surface area is 289 Å². The van der Waals surface area contributed by atoms with Crippen molar-refractivity contribution in [2.24, 2.45) is 27.6 Å². The summed E-state index contributed by atoms with van der Waals surface area (Å²) in [4.78, 5) is 0. The van der Waals surface area contributed by atoms with E-state index in [1.54, 1.807) is 54.6 Å². The van der Waals surface area contributed by atoms with E-state index in [1.165, 1.54) is 0 Å². The third kappa shape index (κ3) is 8.32. The molecule has 0 aliphatic rings. The third-order valence-corrected chi connectivity index (χ3v) is 8.92. The zero-order chi connectivity index (χ0) is 33.8. The average molecular weight is 661 g/mol. The number of hydrogen-bond donors (Lipinski definition) is 3. The molecule has 9 nitrogen and oxygen atoms in total. The summed E-state index contributed by atoms with van der Waals surface area (Å²) in [6.45, 7) is 0. The number of hydrogen-bond acceptors (Lipinski definition) is 9. The van der Waals surface area contributed by atoms with Gasteiger partial charge in [0.25, 0.3) is 0 Å². The lowest BCUT2D eigenvalue weighted by atomic mass is 9.99. The van der Waals surface area contributed by atoms with E-state index in [9.17, 15) is 15.3 Å². The van der Waals surface area contributed by atoms with Crippen LogP contribution >= 0.6 is 0 Å². The first-order valence-corrected chi connectivity index (χ1v) is 17.3. The molecule has 0 spiro atoms. The lowest BCUT2D eigenvalue weighted by Crippen LogP contribution is -2.07. The van der Waals surface area contributed by atoms with E-state index < -0.39 is 32.9 Å². The van der Waals surface area contributed by atoms with Gasteiger partial charge in [-0.15, -0.1) is 0 Å². The van der Waals surface area contributed by atoms with Crippen molar-refractivity contribution in [2.75, 3.05) is 0 Å². The van der Waals surface area contributed by atoms with Crippen LogP contribution in [0.5, 0.6) is 17.2 Å². The molecule has 0 saturated carbocycles. The molecule has 0 aromatic heterocycles. The Morgan fingerprint density at radius 2 is 0.571 bits per heavy atom. The number of benzene rings is 6. The SMILES string of the molecule is Oc1ccccc1C(N=[N][Al]([N]=NC(c1ccccc1)c1ccccc1O)[N]=NC(c1ccccc1)c1ccccc1O)c1ccccc1. The van der Waals surface area contributed by atoms with Gasteiger partial charge in [-0.25, -0.2) is 15.3 Å². The summed E-state index contributed by atoms with van der Waals surface area (Å²) in [7, 11) is 0. The van der Waals surface area contributed by atoms with Gasteiger partial charge in [0, 0.05) is 16.7 Å². The molecule has 0 amide bonds. The Morgan fingerprint density at radius 3 is 0.837 bits per heavy atom. The van der Waals surface area contributed by atoms with Crippen LogP contribution in [0.3, 0.4) is 0 Å². The number of aromatic hydroxyl groups is 3. The first-order chi connectivity index (χ1) is 24.1. The highest BCUT2D eigenvalue weighted by atomic mass is 27.2. The Bertz CT molecular complexity index is 1810. The average Bonchev–Trinajstić information content (AvgIpc) is 3.15. The van der Waals surface area contributed by atoms with Gasteiger partial charge in [-0.05, 0) is 34.9 Å². The van der Waals surface area contributed by atoms with Crippen LogP contribution < -0.4 is 0 Å². The fourth-order valence-electron chi connectivity index (χ4n) is 5.44. The summed E-state index contributed by atoms with van der Waals surface area (Å²) >= 11 is -3.06. The summed E-state index contributed by atoms with van der Waals surface area (Å²) in [5.74, 6) is 0.262. The predicted octanol–water partition coefficient (Wildman–Crippen LogP) is 9.81. The molecule has 3 unspecified atom stereocenters. The van der Waals surface area contributed by atoms with Gasteiger partial charge in [-0.3, -0.25) is 12.3 Å². The molecule has 240 valence electrons. The molecule has 0 fully saturated rings. The largest absolute Gasteiger partial charge is 0.855 e. The normalized spacial score (nSPS) is 13.5. The maximum Gasteiger partial charge on any atom is 0.855 e. The number of phenols is 3. The second-order valence-corrected chi connectivity index (χ2v) is 12.5. The van der Waals surface area contributed by atoms with Gasteiger partial charge < -0.3 is 15.3 Å². The highest BCUT2D eigenvalue weighted by molar-refractivity contribution is 6.51. The fourth-order valence-corrected chi connectivity index (χ4v) is 6.33. The lowest BCUT2D eigenvalue weighted by Gasteiger charge is -2.16. The summed E-state index contributed by atoms with van der Waals surface area (Å²) in [6.07, 6.45) is 0. The molecular weight excluding hydrogens is 627 g/mol. The molecule has 0 aliphatic heterocycles. The quantitative estimate of drug-likeness (QED) is 0.0891. The smallest absolute Gasteiger partial charge is 0.508 e. The van der Waals surface area contributed by atoms with Crippen LogP contribution in [0.15, 0.2) is 191 Å². The number of nitrogens with zero attached hydrogens (tertiary/aromatic N) is 6. The molecule has 0 radical (unpaired) electrons. The van der Waals surface area contributed by atoms with Crippen molar-refractivity contribution in [1.29, 1.82) is 0 Å². The molecule has 0 bridgehead atoms. The molecule has 6 rings (SSSR count). The highest BCUT2D eigenvalue weighted by Crippen LogP contribution is 2.36. The second kappa shape index (κ2) is 16.2. The lowest BCUT2D eigenvalue weighted by molar-refractivity contribution is 0.464. The van der Waals surface area contributed by atoms with E-state index in [2.05, 4.69) is 12.3 Å². The molecule has 49 heavy (non-hydrogen) atoms. The van der Waals surface area contributed by atoms with Gasteiger partial charge in [0.2, 0.25) is 0 Å². The molecule has 0 aliphatic carbocycles. The molecular formula is C39H33AlN6O3. The molecule has 3 N–H and O–H groups in total. The van der Waals surface area contributed by atoms with Crippen LogP contribution in [0.25, 0.3) is 0 Å². The van der Waals surface area contributed by atoms with Crippen LogP contribution in [0, 0.1) is 0 Å². The molecule has 6 aromatic carbocycles. The van der Waals surface area contributed by atoms with E-state index >= 15 is 0 Å². The van der Waals surface area contributed by atoms with Crippen LogP contribution in [0.4, 0.5) is 0 Å². The minimum atomic E-state index is -3.06. The van der Waals surface area contributed by atoms with Crippen molar-refractivity contribution in [3.63, 3.8) is 0 Å². The highest BCUT2D eigenvalue weighted by Gasteiger charge is 2.29. The van der Waals surface area contributed by atoms with Crippen LogP contribution in [-0.2, 0) is 0 Å². The predicted molar refractivity (Wildman–Crippen MR) is 189 cm³/mol. The van der Waals surface area contributed by atoms with Crippen molar-refractivity contribution in [3.8, 4) is 17.2 Å². The third-order valence-electron chi connectivity index (χ3n) is 7.90. The number of phenolic OH excluding ortho intramolecular Hbond substituents is 3. The van der Waals surface area contributed by atoms with Gasteiger partial charge in [0.05, 0.1) is 0 Å². The van der Waals surface area contributed by atoms with Gasteiger partial charge in [-0.1, -0.05) is 146 Å². The Morgan fingerprint density at radius 1 is 0.327 bits per heavy atom. The maximum absolute atomic E-state index is 10.8. The minimum Gasteiger partial charge on any atom is -0.508 e. The zero-order valence-corrected chi connectivity index (χ0v) is 27.6. The molecule has 10 heteroatoms.